The average Bonchev–Trinajstić information content (AvgIpc) is 3.55. The first kappa shape index (κ1) is 26.1. The molecule has 0 bridgehead atoms. The molecule has 9 nitrogen and oxygen atoms in total. The smallest absolute Gasteiger partial charge is 0.245 e. The number of halogens is 1. The van der Waals surface area contributed by atoms with Crippen molar-refractivity contribution < 1.29 is 22.8 Å². The maximum atomic E-state index is 13.1. The lowest BCUT2D eigenvalue weighted by Gasteiger charge is -2.34. The molecule has 0 saturated carbocycles. The summed E-state index contributed by atoms with van der Waals surface area (Å²) in [4.78, 5) is 44.8. The van der Waals surface area contributed by atoms with Crippen molar-refractivity contribution in [1.29, 1.82) is 0 Å². The summed E-state index contributed by atoms with van der Waals surface area (Å²) >= 11 is 7.12. The molecule has 1 unspecified atom stereocenters. The summed E-state index contributed by atoms with van der Waals surface area (Å²) in [6, 6.07) is 2.16. The van der Waals surface area contributed by atoms with Crippen molar-refractivity contribution in [2.75, 3.05) is 26.2 Å². The van der Waals surface area contributed by atoms with Crippen LogP contribution < -0.4 is 4.72 Å². The van der Waals surface area contributed by atoms with Gasteiger partial charge in [-0.25, -0.2) is 8.42 Å². The van der Waals surface area contributed by atoms with E-state index in [1.807, 2.05) is 11.8 Å². The summed E-state index contributed by atoms with van der Waals surface area (Å²) in [5, 5.41) is 1.02. The molecule has 0 aromatic carbocycles. The number of nitrogens with zero attached hydrogens (tertiary/aromatic N) is 3. The molecule has 1 aromatic heterocycles. The topological polar surface area (TPSA) is 107 Å². The third kappa shape index (κ3) is 6.25. The summed E-state index contributed by atoms with van der Waals surface area (Å²) in [6.07, 6.45) is 5.70. The zero-order chi connectivity index (χ0) is 25.2. The monoisotopic (exact) mass is 542 g/mol. The molecule has 4 heterocycles. The van der Waals surface area contributed by atoms with Gasteiger partial charge in [0.05, 0.1) is 10.9 Å². The predicted octanol–water partition coefficient (Wildman–Crippen LogP) is 2.28. The fourth-order valence-electron chi connectivity index (χ4n) is 5.05. The number of piperidine rings is 1. The quantitative estimate of drug-likeness (QED) is 0.569. The van der Waals surface area contributed by atoms with Gasteiger partial charge in [0.1, 0.15) is 12.1 Å². The predicted molar refractivity (Wildman–Crippen MR) is 135 cm³/mol. The van der Waals surface area contributed by atoms with E-state index >= 15 is 0 Å². The Kier molecular flexibility index (Phi) is 8.19. The minimum atomic E-state index is -3.87. The van der Waals surface area contributed by atoms with E-state index in [-0.39, 0.29) is 24.4 Å². The van der Waals surface area contributed by atoms with Gasteiger partial charge in [-0.3, -0.25) is 14.4 Å². The Bertz CT molecular complexity index is 1110. The Morgan fingerprint density at radius 2 is 1.83 bits per heavy atom. The van der Waals surface area contributed by atoms with Gasteiger partial charge in [0.2, 0.25) is 27.7 Å². The second-order valence-corrected chi connectivity index (χ2v) is 12.7. The van der Waals surface area contributed by atoms with Gasteiger partial charge in [-0.15, -0.1) is 11.3 Å². The summed E-state index contributed by atoms with van der Waals surface area (Å²) in [5.74, 6) is -0.690. The molecule has 3 aliphatic heterocycles. The molecule has 0 aliphatic carbocycles. The van der Waals surface area contributed by atoms with E-state index in [1.165, 1.54) is 22.3 Å². The molecule has 3 amide bonds. The highest BCUT2D eigenvalue weighted by Gasteiger charge is 2.40. The van der Waals surface area contributed by atoms with E-state index in [2.05, 4.69) is 4.72 Å². The van der Waals surface area contributed by atoms with Crippen LogP contribution in [-0.2, 0) is 24.4 Å². The van der Waals surface area contributed by atoms with Crippen LogP contribution in [0.5, 0.6) is 0 Å². The second-order valence-electron chi connectivity index (χ2n) is 9.33. The Labute approximate surface area is 215 Å². The molecule has 3 saturated heterocycles. The molecule has 1 N–H and O–H groups in total. The highest BCUT2D eigenvalue weighted by molar-refractivity contribution is 7.92. The number of thiophene rings is 1. The molecular formula is C23H31ClN4O5S2. The Morgan fingerprint density at radius 1 is 1.11 bits per heavy atom. The van der Waals surface area contributed by atoms with Gasteiger partial charge in [-0.1, -0.05) is 11.6 Å². The minimum absolute atomic E-state index is 0.00438. The summed E-state index contributed by atoms with van der Waals surface area (Å²) in [7, 11) is -3.87. The number of nitrogens with one attached hydrogen (secondary N) is 1. The fraction of sp³-hybridized carbons (Fsp3) is 0.609. The van der Waals surface area contributed by atoms with Gasteiger partial charge >= 0.3 is 0 Å². The molecule has 3 atom stereocenters. The van der Waals surface area contributed by atoms with Gasteiger partial charge in [0.25, 0.3) is 0 Å². The van der Waals surface area contributed by atoms with Gasteiger partial charge in [-0.05, 0) is 63.7 Å². The zero-order valence-electron chi connectivity index (χ0n) is 19.7. The minimum Gasteiger partial charge on any atom is -0.338 e. The molecule has 3 fully saturated rings. The van der Waals surface area contributed by atoms with Gasteiger partial charge in [-0.2, -0.15) is 4.72 Å². The lowest BCUT2D eigenvalue weighted by Crippen LogP contribution is -2.56. The van der Waals surface area contributed by atoms with Crippen molar-refractivity contribution in [2.24, 2.45) is 0 Å². The third-order valence-corrected chi connectivity index (χ3v) is 9.17. The number of hydrogen-bond donors (Lipinski definition) is 1. The molecule has 0 radical (unpaired) electrons. The number of amides is 3. The first-order chi connectivity index (χ1) is 16.6. The largest absolute Gasteiger partial charge is 0.338 e. The Morgan fingerprint density at radius 3 is 2.51 bits per heavy atom. The third-order valence-electron chi connectivity index (χ3n) is 6.86. The van der Waals surface area contributed by atoms with Gasteiger partial charge < -0.3 is 14.7 Å². The molecule has 4 rings (SSSR count). The second kappa shape index (κ2) is 11.0. The molecular weight excluding hydrogens is 512 g/mol. The van der Waals surface area contributed by atoms with E-state index in [0.717, 1.165) is 31.2 Å². The standard InChI is InChI=1S/C23H31ClN4O5S2/c1-16-5-2-12-27(16)23(31)19-7-4-13-28(19)21(29)15-26-11-3-6-18(22(26)30)25-35(32,33)14-10-17-8-9-20(24)34-17/h8-10,14,16,18-19,25H,2-7,11-13,15H2,1H3/b14-10+/t16?,18-,19-/m0/s1. The Hall–Kier alpha value is -1.95. The lowest BCUT2D eigenvalue weighted by molar-refractivity contribution is -0.147. The number of carbonyl (C=O) groups is 3. The molecule has 192 valence electrons. The lowest BCUT2D eigenvalue weighted by atomic mass is 10.1. The number of carbonyl (C=O) groups excluding carboxylic acids is 3. The van der Waals surface area contributed by atoms with Crippen molar-refractivity contribution >= 4 is 56.8 Å². The maximum Gasteiger partial charge on any atom is 0.245 e. The number of rotatable bonds is 7. The van der Waals surface area contributed by atoms with Crippen molar-refractivity contribution in [2.45, 2.75) is 63.6 Å². The maximum absolute atomic E-state index is 13.1. The van der Waals surface area contributed by atoms with Crippen molar-refractivity contribution in [1.82, 2.24) is 19.4 Å². The highest BCUT2D eigenvalue weighted by atomic mass is 35.5. The van der Waals surface area contributed by atoms with Crippen LogP contribution in [0.2, 0.25) is 4.34 Å². The Balaban J connectivity index is 1.36. The SMILES string of the molecule is CC1CCCN1C(=O)[C@@H]1CCCN1C(=O)CN1CCC[C@H](NS(=O)(=O)/C=C/c2ccc(Cl)s2)C1=O. The van der Waals surface area contributed by atoms with Crippen LogP contribution in [0.25, 0.3) is 6.08 Å². The van der Waals surface area contributed by atoms with Crippen LogP contribution in [0.4, 0.5) is 0 Å². The van der Waals surface area contributed by atoms with Gasteiger partial charge in [0.15, 0.2) is 0 Å². The van der Waals surface area contributed by atoms with Gasteiger partial charge in [0, 0.05) is 36.0 Å². The van der Waals surface area contributed by atoms with Crippen LogP contribution in [0, 0.1) is 0 Å². The van der Waals surface area contributed by atoms with Crippen LogP contribution in [0.15, 0.2) is 17.5 Å². The van der Waals surface area contributed by atoms with E-state index in [4.69, 9.17) is 11.6 Å². The zero-order valence-corrected chi connectivity index (χ0v) is 22.1. The van der Waals surface area contributed by atoms with Crippen molar-refractivity contribution in [3.8, 4) is 0 Å². The van der Waals surface area contributed by atoms with Crippen LogP contribution in [0.3, 0.4) is 0 Å². The highest BCUT2D eigenvalue weighted by Crippen LogP contribution is 2.26. The fourth-order valence-corrected chi connectivity index (χ4v) is 7.12. The van der Waals surface area contributed by atoms with Crippen LogP contribution in [-0.4, -0.2) is 85.1 Å². The number of hydrogen-bond acceptors (Lipinski definition) is 6. The van der Waals surface area contributed by atoms with Crippen molar-refractivity contribution in [3.63, 3.8) is 0 Å². The van der Waals surface area contributed by atoms with Crippen molar-refractivity contribution in [3.05, 3.63) is 26.8 Å². The average molecular weight is 543 g/mol. The molecule has 3 aliphatic rings. The first-order valence-corrected chi connectivity index (χ1v) is 14.7. The van der Waals surface area contributed by atoms with Crippen LogP contribution >= 0.6 is 22.9 Å². The summed E-state index contributed by atoms with van der Waals surface area (Å²) in [5.41, 5.74) is 0. The normalized spacial score (nSPS) is 25.7. The summed E-state index contributed by atoms with van der Waals surface area (Å²) in [6.45, 7) is 3.47. The molecule has 0 spiro atoms. The molecule has 12 heteroatoms. The van der Waals surface area contributed by atoms with E-state index in [1.54, 1.807) is 17.0 Å². The van der Waals surface area contributed by atoms with Crippen LogP contribution in [0.1, 0.15) is 50.3 Å². The number of likely N-dealkylation sites (tertiary alicyclic amines) is 3. The van der Waals surface area contributed by atoms with E-state index in [0.29, 0.717) is 41.6 Å². The first-order valence-electron chi connectivity index (χ1n) is 12.0. The number of sulfonamides is 1. The summed E-state index contributed by atoms with van der Waals surface area (Å²) < 4.78 is 28.0. The van der Waals surface area contributed by atoms with E-state index < -0.39 is 28.0 Å². The molecule has 35 heavy (non-hydrogen) atoms. The molecule has 1 aromatic rings. The van der Waals surface area contributed by atoms with E-state index in [9.17, 15) is 22.8 Å².